The van der Waals surface area contributed by atoms with Gasteiger partial charge in [-0.05, 0) is 65.0 Å². The summed E-state index contributed by atoms with van der Waals surface area (Å²) in [6.07, 6.45) is 1.54. The highest BCUT2D eigenvalue weighted by Gasteiger charge is 2.25. The zero-order chi connectivity index (χ0) is 31.1. The number of anilines is 5. The van der Waals surface area contributed by atoms with E-state index < -0.39 is 45.0 Å². The summed E-state index contributed by atoms with van der Waals surface area (Å²) in [7, 11) is -3.84. The maximum absolute atomic E-state index is 13.1. The largest absolute Gasteiger partial charge is 0.444 e. The molecule has 1 aromatic carbocycles. The van der Waals surface area contributed by atoms with Gasteiger partial charge in [-0.25, -0.2) is 23.2 Å². The number of ether oxygens (including phenoxy) is 2. The van der Waals surface area contributed by atoms with E-state index in [0.29, 0.717) is 11.4 Å². The quantitative estimate of drug-likeness (QED) is 0.240. The molecule has 0 bridgehead atoms. The minimum atomic E-state index is -3.84. The fraction of sp³-hybridized carbons (Fsp3) is 0.346. The van der Waals surface area contributed by atoms with E-state index in [1.54, 1.807) is 45.0 Å². The van der Waals surface area contributed by atoms with Crippen molar-refractivity contribution in [3.05, 3.63) is 48.8 Å². The topological polar surface area (TPSA) is 174 Å². The van der Waals surface area contributed by atoms with Crippen LogP contribution in [0.5, 0.6) is 5.75 Å². The summed E-state index contributed by atoms with van der Waals surface area (Å²) in [6.45, 7) is 4.52. The second-order valence-electron chi connectivity index (χ2n) is 9.97. The van der Waals surface area contributed by atoms with Crippen molar-refractivity contribution in [3.63, 3.8) is 0 Å². The average Bonchev–Trinajstić information content (AvgIpc) is 2.88. The summed E-state index contributed by atoms with van der Waals surface area (Å²) < 4.78 is 61.4. The minimum Gasteiger partial charge on any atom is -0.444 e. The highest BCUT2D eigenvalue weighted by Crippen LogP contribution is 2.31. The van der Waals surface area contributed by atoms with Crippen LogP contribution in [0.15, 0.2) is 53.8 Å². The predicted octanol–water partition coefficient (Wildman–Crippen LogP) is 4.61. The molecule has 3 rings (SSSR count). The molecule has 0 fully saturated rings. The lowest BCUT2D eigenvalue weighted by Crippen LogP contribution is -2.37. The molecule has 0 spiro atoms. The van der Waals surface area contributed by atoms with Gasteiger partial charge in [-0.15, -0.1) is 0 Å². The van der Waals surface area contributed by atoms with Gasteiger partial charge < -0.3 is 30.7 Å². The number of hydrogen-bond acceptors (Lipinski definition) is 11. The van der Waals surface area contributed by atoms with Gasteiger partial charge in [0.15, 0.2) is 26.4 Å². The molecular weight excluding hydrogens is 576 g/mol. The Morgan fingerprint density at radius 1 is 1.02 bits per heavy atom. The fourth-order valence-electron chi connectivity index (χ4n) is 3.24. The Morgan fingerprint density at radius 3 is 2.40 bits per heavy atom. The first-order valence-corrected chi connectivity index (χ1v) is 14.1. The van der Waals surface area contributed by atoms with Crippen molar-refractivity contribution >= 4 is 50.7 Å². The molecule has 13 nitrogen and oxygen atoms in total. The van der Waals surface area contributed by atoms with Gasteiger partial charge in [-0.1, -0.05) is 6.07 Å². The number of sulfone groups is 1. The van der Waals surface area contributed by atoms with Gasteiger partial charge in [0, 0.05) is 17.6 Å². The molecule has 2 amide bonds. The zero-order valence-electron chi connectivity index (χ0n) is 23.4. The van der Waals surface area contributed by atoms with Gasteiger partial charge in [0.2, 0.25) is 11.9 Å². The Labute approximate surface area is 241 Å². The van der Waals surface area contributed by atoms with Gasteiger partial charge >= 0.3 is 12.7 Å². The molecule has 0 atom stereocenters. The molecule has 2 heterocycles. The number of alkyl halides is 2. The second kappa shape index (κ2) is 13.4. The number of nitrogens with one attached hydrogen (secondary N) is 4. The lowest BCUT2D eigenvalue weighted by atomic mass is 10.2. The number of carbonyl (C=O) groups is 2. The number of halogens is 2. The zero-order valence-corrected chi connectivity index (χ0v) is 24.3. The number of carbonyl (C=O) groups excluding carboxylic acids is 2. The monoisotopic (exact) mass is 607 g/mol. The molecule has 42 heavy (non-hydrogen) atoms. The van der Waals surface area contributed by atoms with Crippen molar-refractivity contribution in [2.24, 2.45) is 0 Å². The number of nitrogens with zero attached hydrogens (tertiary/aromatic N) is 3. The van der Waals surface area contributed by atoms with Crippen LogP contribution < -0.4 is 26.0 Å². The molecule has 226 valence electrons. The first-order valence-electron chi connectivity index (χ1n) is 12.6. The number of benzene rings is 1. The molecule has 0 unspecified atom stereocenters. The number of hydrogen-bond donors (Lipinski definition) is 4. The van der Waals surface area contributed by atoms with Crippen molar-refractivity contribution in [1.29, 1.82) is 0 Å². The van der Waals surface area contributed by atoms with Crippen LogP contribution in [-0.4, -0.2) is 59.4 Å². The van der Waals surface area contributed by atoms with Crippen LogP contribution in [-0.2, 0) is 19.4 Å². The van der Waals surface area contributed by atoms with E-state index in [1.165, 1.54) is 32.2 Å². The third-order valence-electron chi connectivity index (χ3n) is 5.08. The van der Waals surface area contributed by atoms with Crippen LogP contribution in [0.2, 0.25) is 0 Å². The van der Waals surface area contributed by atoms with E-state index in [9.17, 15) is 26.8 Å². The van der Waals surface area contributed by atoms with Gasteiger partial charge in [0.05, 0.1) is 17.1 Å². The van der Waals surface area contributed by atoms with Gasteiger partial charge in [0.1, 0.15) is 12.1 Å². The van der Waals surface area contributed by atoms with Crippen LogP contribution in [0.25, 0.3) is 0 Å². The van der Waals surface area contributed by atoms with E-state index in [1.807, 2.05) is 0 Å². The molecule has 16 heteroatoms. The van der Waals surface area contributed by atoms with Crippen LogP contribution in [0, 0.1) is 0 Å². The summed E-state index contributed by atoms with van der Waals surface area (Å²) in [4.78, 5) is 36.2. The van der Waals surface area contributed by atoms with Crippen molar-refractivity contribution in [2.75, 3.05) is 22.5 Å². The SMILES string of the molecule is CC(C)S(=O)(=O)c1ncccc1Nc1nc(Nc2cccc(NC(=O)CNC(=O)OC(C)(C)C)c2)ncc1OC(F)F. The summed E-state index contributed by atoms with van der Waals surface area (Å²) in [5.41, 5.74) is 0.0600. The first kappa shape index (κ1) is 31.9. The standard InChI is InChI=1S/C26H31F2N7O6S/c1-15(2)42(38,39)22-18(10-7-11-29-22)34-21-19(40-23(27)28)13-30-24(35-21)33-17-9-6-8-16(12-17)32-20(36)14-31-25(37)41-26(3,4)5/h6-13,15,23H,14H2,1-5H3,(H,31,37)(H,32,36)(H2,30,33,34,35). The number of amides is 2. The molecule has 0 radical (unpaired) electrons. The lowest BCUT2D eigenvalue weighted by molar-refractivity contribution is -0.115. The van der Waals surface area contributed by atoms with Crippen LogP contribution in [0.4, 0.5) is 42.4 Å². The summed E-state index contributed by atoms with van der Waals surface area (Å²) in [6, 6.07) is 9.27. The van der Waals surface area contributed by atoms with Crippen molar-refractivity contribution in [3.8, 4) is 5.75 Å². The maximum atomic E-state index is 13.1. The smallest absolute Gasteiger partial charge is 0.408 e. The number of aromatic nitrogens is 3. The van der Waals surface area contributed by atoms with Gasteiger partial charge in [-0.3, -0.25) is 4.79 Å². The highest BCUT2D eigenvalue weighted by atomic mass is 32.2. The molecular formula is C26H31F2N7O6S. The fourth-order valence-corrected chi connectivity index (χ4v) is 4.32. The van der Waals surface area contributed by atoms with Crippen molar-refractivity contribution < 1.29 is 36.3 Å². The summed E-state index contributed by atoms with van der Waals surface area (Å²) in [5.74, 6) is -1.27. The second-order valence-corrected chi connectivity index (χ2v) is 12.4. The van der Waals surface area contributed by atoms with E-state index >= 15 is 0 Å². The summed E-state index contributed by atoms with van der Waals surface area (Å²) in [5, 5.41) is 9.49. The Balaban J connectivity index is 1.80. The number of pyridine rings is 1. The van der Waals surface area contributed by atoms with E-state index in [0.717, 1.165) is 6.20 Å². The Kier molecular flexibility index (Phi) is 10.2. The molecule has 0 saturated heterocycles. The van der Waals surface area contributed by atoms with E-state index in [4.69, 9.17) is 4.74 Å². The highest BCUT2D eigenvalue weighted by molar-refractivity contribution is 7.92. The molecule has 2 aromatic heterocycles. The third kappa shape index (κ3) is 9.22. The Bertz CT molecular complexity index is 1530. The normalized spacial score (nSPS) is 11.6. The van der Waals surface area contributed by atoms with Gasteiger partial charge in [0.25, 0.3) is 0 Å². The predicted molar refractivity (Wildman–Crippen MR) is 151 cm³/mol. The first-order chi connectivity index (χ1) is 19.6. The Morgan fingerprint density at radius 2 is 1.74 bits per heavy atom. The third-order valence-corrected chi connectivity index (χ3v) is 7.19. The average molecular weight is 608 g/mol. The maximum Gasteiger partial charge on any atom is 0.408 e. The van der Waals surface area contributed by atoms with Crippen molar-refractivity contribution in [1.82, 2.24) is 20.3 Å². The molecule has 0 saturated carbocycles. The Hall–Kier alpha value is -4.60. The molecule has 0 aliphatic carbocycles. The van der Waals surface area contributed by atoms with E-state index in [-0.39, 0.29) is 29.0 Å². The summed E-state index contributed by atoms with van der Waals surface area (Å²) >= 11 is 0. The molecule has 3 aromatic rings. The lowest BCUT2D eigenvalue weighted by Gasteiger charge is -2.19. The number of alkyl carbamates (subject to hydrolysis) is 1. The number of rotatable bonds is 11. The van der Waals surface area contributed by atoms with E-state index in [2.05, 4.69) is 41.0 Å². The van der Waals surface area contributed by atoms with Crippen LogP contribution >= 0.6 is 0 Å². The van der Waals surface area contributed by atoms with Gasteiger partial charge in [-0.2, -0.15) is 13.8 Å². The molecule has 0 aliphatic heterocycles. The minimum absolute atomic E-state index is 0.000308. The van der Waals surface area contributed by atoms with Crippen molar-refractivity contribution in [2.45, 2.75) is 57.1 Å². The van der Waals surface area contributed by atoms with Crippen LogP contribution in [0.1, 0.15) is 34.6 Å². The molecule has 0 aliphatic rings. The molecule has 4 N–H and O–H groups in total. The van der Waals surface area contributed by atoms with Crippen LogP contribution in [0.3, 0.4) is 0 Å².